The number of esters is 1. The van der Waals surface area contributed by atoms with Crippen LogP contribution < -0.4 is 0 Å². The van der Waals surface area contributed by atoms with Crippen LogP contribution in [0.25, 0.3) is 16.5 Å². The average molecular weight is 311 g/mol. The van der Waals surface area contributed by atoms with Crippen molar-refractivity contribution in [1.82, 2.24) is 4.90 Å². The maximum absolute atomic E-state index is 11.6. The number of aromatic hydroxyl groups is 1. The molecule has 0 aromatic heterocycles. The lowest BCUT2D eigenvalue weighted by atomic mass is 9.95. The van der Waals surface area contributed by atoms with Gasteiger partial charge in [0.1, 0.15) is 5.75 Å². The quantitative estimate of drug-likeness (QED) is 0.883. The first kappa shape index (κ1) is 15.4. The summed E-state index contributed by atoms with van der Waals surface area (Å²) in [6.07, 6.45) is 1.60. The molecule has 1 aliphatic rings. The summed E-state index contributed by atoms with van der Waals surface area (Å²) >= 11 is 0. The van der Waals surface area contributed by atoms with Crippen LogP contribution in [0, 0.1) is 5.92 Å². The van der Waals surface area contributed by atoms with Gasteiger partial charge in [-0.1, -0.05) is 24.8 Å². The molecule has 120 valence electrons. The Kier molecular flexibility index (Phi) is 4.24. The molecular formula is C19H21NO3. The van der Waals surface area contributed by atoms with Crippen molar-refractivity contribution in [3.8, 4) is 5.75 Å². The number of likely N-dealkylation sites (tertiary alicyclic amines) is 1. The Labute approximate surface area is 136 Å². The van der Waals surface area contributed by atoms with Gasteiger partial charge in [0.15, 0.2) is 0 Å². The minimum Gasteiger partial charge on any atom is -0.508 e. The van der Waals surface area contributed by atoms with Crippen LogP contribution in [-0.2, 0) is 9.53 Å². The van der Waals surface area contributed by atoms with Crippen molar-refractivity contribution in [3.63, 3.8) is 0 Å². The molecule has 0 amide bonds. The number of methoxy groups -OCH3 is 1. The smallest absolute Gasteiger partial charge is 0.308 e. The van der Waals surface area contributed by atoms with Gasteiger partial charge in [0, 0.05) is 18.8 Å². The summed E-state index contributed by atoms with van der Waals surface area (Å²) < 4.78 is 4.83. The van der Waals surface area contributed by atoms with Gasteiger partial charge in [-0.3, -0.25) is 4.79 Å². The summed E-state index contributed by atoms with van der Waals surface area (Å²) in [6, 6.07) is 11.5. The number of rotatable bonds is 3. The molecule has 0 bridgehead atoms. The van der Waals surface area contributed by atoms with Gasteiger partial charge in [-0.15, -0.1) is 0 Å². The Morgan fingerprint density at radius 2 is 1.83 bits per heavy atom. The molecule has 1 heterocycles. The SMILES string of the molecule is C=C(c1ccc2cc(O)ccc2c1)N1CCC(C(=O)OC)CC1. The Morgan fingerprint density at radius 1 is 1.17 bits per heavy atom. The molecule has 1 aliphatic heterocycles. The Hall–Kier alpha value is -2.49. The molecule has 3 rings (SSSR count). The number of piperidine rings is 1. The van der Waals surface area contributed by atoms with Crippen LogP contribution in [-0.4, -0.2) is 36.2 Å². The predicted molar refractivity (Wildman–Crippen MR) is 91.0 cm³/mol. The van der Waals surface area contributed by atoms with Crippen LogP contribution in [0.4, 0.5) is 0 Å². The number of benzene rings is 2. The second kappa shape index (κ2) is 6.32. The molecule has 0 spiro atoms. The van der Waals surface area contributed by atoms with Gasteiger partial charge in [0.25, 0.3) is 0 Å². The first-order chi connectivity index (χ1) is 11.1. The number of hydrogen-bond donors (Lipinski definition) is 1. The lowest BCUT2D eigenvalue weighted by Crippen LogP contribution is -2.35. The van der Waals surface area contributed by atoms with E-state index in [4.69, 9.17) is 4.74 Å². The highest BCUT2D eigenvalue weighted by atomic mass is 16.5. The zero-order valence-corrected chi connectivity index (χ0v) is 13.3. The summed E-state index contributed by atoms with van der Waals surface area (Å²) in [5.41, 5.74) is 2.04. The zero-order chi connectivity index (χ0) is 16.4. The number of hydrogen-bond acceptors (Lipinski definition) is 4. The maximum Gasteiger partial charge on any atom is 0.308 e. The number of ether oxygens (including phenoxy) is 1. The number of carbonyl (C=O) groups is 1. The minimum atomic E-state index is -0.110. The normalized spacial score (nSPS) is 15.6. The Morgan fingerprint density at radius 3 is 2.52 bits per heavy atom. The van der Waals surface area contributed by atoms with Crippen molar-refractivity contribution in [3.05, 3.63) is 48.5 Å². The van der Waals surface area contributed by atoms with Gasteiger partial charge in [-0.2, -0.15) is 0 Å². The Balaban J connectivity index is 1.74. The van der Waals surface area contributed by atoms with Gasteiger partial charge < -0.3 is 14.7 Å². The molecular weight excluding hydrogens is 290 g/mol. The van der Waals surface area contributed by atoms with Crippen LogP contribution in [0.3, 0.4) is 0 Å². The van der Waals surface area contributed by atoms with Gasteiger partial charge in [0.05, 0.1) is 13.0 Å². The van der Waals surface area contributed by atoms with Crippen LogP contribution in [0.5, 0.6) is 5.75 Å². The van der Waals surface area contributed by atoms with E-state index in [1.54, 1.807) is 12.1 Å². The molecule has 0 radical (unpaired) electrons. The number of phenolic OH excluding ortho intramolecular Hbond substituents is 1. The molecule has 0 unspecified atom stereocenters. The summed E-state index contributed by atoms with van der Waals surface area (Å²) in [5, 5.41) is 11.6. The standard InChI is InChI=1S/C19H21NO3/c1-13(20-9-7-14(8-10-20)19(22)23-2)15-3-4-17-12-18(21)6-5-16(17)11-15/h3-6,11-12,14,21H,1,7-10H2,2H3. The largest absolute Gasteiger partial charge is 0.508 e. The second-order valence-electron chi connectivity index (χ2n) is 5.98. The highest BCUT2D eigenvalue weighted by Gasteiger charge is 2.26. The van der Waals surface area contributed by atoms with Crippen LogP contribution in [0.1, 0.15) is 18.4 Å². The second-order valence-corrected chi connectivity index (χ2v) is 5.98. The molecule has 1 fully saturated rings. The molecule has 2 aromatic rings. The van der Waals surface area contributed by atoms with E-state index in [9.17, 15) is 9.90 Å². The molecule has 0 atom stereocenters. The van der Waals surface area contributed by atoms with E-state index in [0.29, 0.717) is 0 Å². The maximum atomic E-state index is 11.6. The topological polar surface area (TPSA) is 49.8 Å². The lowest BCUT2D eigenvalue weighted by molar-refractivity contribution is -0.146. The van der Waals surface area contributed by atoms with E-state index >= 15 is 0 Å². The molecule has 4 heteroatoms. The fourth-order valence-corrected chi connectivity index (χ4v) is 3.15. The van der Waals surface area contributed by atoms with Crippen LogP contribution >= 0.6 is 0 Å². The van der Waals surface area contributed by atoms with Crippen LogP contribution in [0.15, 0.2) is 43.0 Å². The van der Waals surface area contributed by atoms with Gasteiger partial charge in [-0.05, 0) is 47.4 Å². The lowest BCUT2D eigenvalue weighted by Gasteiger charge is -2.33. The fraction of sp³-hybridized carbons (Fsp3) is 0.316. The van der Waals surface area contributed by atoms with Crippen molar-refractivity contribution in [2.75, 3.05) is 20.2 Å². The van der Waals surface area contributed by atoms with E-state index in [0.717, 1.165) is 48.0 Å². The number of phenols is 1. The molecule has 23 heavy (non-hydrogen) atoms. The van der Waals surface area contributed by atoms with E-state index in [1.165, 1.54) is 7.11 Å². The van der Waals surface area contributed by atoms with E-state index in [2.05, 4.69) is 17.5 Å². The van der Waals surface area contributed by atoms with E-state index < -0.39 is 0 Å². The number of fused-ring (bicyclic) bond motifs is 1. The van der Waals surface area contributed by atoms with E-state index in [-0.39, 0.29) is 17.6 Å². The highest BCUT2D eigenvalue weighted by Crippen LogP contribution is 2.28. The molecule has 0 saturated carbocycles. The van der Waals surface area contributed by atoms with Crippen molar-refractivity contribution < 1.29 is 14.6 Å². The van der Waals surface area contributed by atoms with Gasteiger partial charge in [-0.25, -0.2) is 0 Å². The van der Waals surface area contributed by atoms with Crippen molar-refractivity contribution in [2.45, 2.75) is 12.8 Å². The molecule has 1 N–H and O–H groups in total. The van der Waals surface area contributed by atoms with Crippen molar-refractivity contribution in [2.24, 2.45) is 5.92 Å². The third kappa shape index (κ3) is 3.16. The first-order valence-corrected chi connectivity index (χ1v) is 7.83. The summed E-state index contributed by atoms with van der Waals surface area (Å²) in [6.45, 7) is 5.85. The Bertz CT molecular complexity index is 745. The third-order valence-corrected chi connectivity index (χ3v) is 4.57. The average Bonchev–Trinajstić information content (AvgIpc) is 2.60. The van der Waals surface area contributed by atoms with Gasteiger partial charge in [0.2, 0.25) is 0 Å². The third-order valence-electron chi connectivity index (χ3n) is 4.57. The minimum absolute atomic E-state index is 0.00336. The van der Waals surface area contributed by atoms with Crippen molar-refractivity contribution in [1.29, 1.82) is 0 Å². The highest BCUT2D eigenvalue weighted by molar-refractivity contribution is 5.87. The first-order valence-electron chi connectivity index (χ1n) is 7.83. The fourth-order valence-electron chi connectivity index (χ4n) is 3.15. The van der Waals surface area contributed by atoms with Crippen LogP contribution in [0.2, 0.25) is 0 Å². The van der Waals surface area contributed by atoms with E-state index in [1.807, 2.05) is 18.2 Å². The molecule has 0 aliphatic carbocycles. The summed E-state index contributed by atoms with van der Waals surface area (Å²) in [5.74, 6) is 0.165. The molecule has 2 aromatic carbocycles. The predicted octanol–water partition coefficient (Wildman–Crippen LogP) is 3.40. The monoisotopic (exact) mass is 311 g/mol. The molecule has 4 nitrogen and oxygen atoms in total. The summed E-state index contributed by atoms with van der Waals surface area (Å²) in [7, 11) is 1.44. The van der Waals surface area contributed by atoms with Gasteiger partial charge >= 0.3 is 5.97 Å². The van der Waals surface area contributed by atoms with Crippen molar-refractivity contribution >= 4 is 22.4 Å². The zero-order valence-electron chi connectivity index (χ0n) is 13.3. The summed E-state index contributed by atoms with van der Waals surface area (Å²) in [4.78, 5) is 13.8. The molecule has 1 saturated heterocycles. The number of carbonyl (C=O) groups excluding carboxylic acids is 1. The number of nitrogens with zero attached hydrogens (tertiary/aromatic N) is 1.